The zero-order valence-corrected chi connectivity index (χ0v) is 23.1. The van der Waals surface area contributed by atoms with Crippen molar-refractivity contribution in [3.05, 3.63) is 29.8 Å². The maximum Gasteiger partial charge on any atom is 0.461 e. The number of rotatable bonds is 15. The van der Waals surface area contributed by atoms with Gasteiger partial charge in [0.1, 0.15) is 5.75 Å². The minimum atomic E-state index is -2.84. The Bertz CT molecular complexity index is 807. The molecule has 1 fully saturated rings. The fourth-order valence-corrected chi connectivity index (χ4v) is 7.48. The zero-order chi connectivity index (χ0) is 23.8. The second-order valence-corrected chi connectivity index (χ2v) is 12.1. The summed E-state index contributed by atoms with van der Waals surface area (Å²) in [7, 11) is -2.84. The molecular formula is C25H35N3OS3Si. The van der Waals surface area contributed by atoms with E-state index in [1.165, 1.54) is 69.8 Å². The molecule has 0 atom stereocenters. The van der Waals surface area contributed by atoms with Gasteiger partial charge in [0.25, 0.3) is 0 Å². The number of unbranched alkanes of at least 4 members (excludes halogenated alkanes) is 4. The summed E-state index contributed by atoms with van der Waals surface area (Å²) in [6.45, 7) is 2.81. The highest BCUT2D eigenvalue weighted by Gasteiger charge is 2.34. The van der Waals surface area contributed by atoms with Gasteiger partial charge in [0.15, 0.2) is 0 Å². The molecule has 0 radical (unpaired) electrons. The van der Waals surface area contributed by atoms with Crippen LogP contribution in [0.2, 0.25) is 6.04 Å². The second-order valence-electron chi connectivity index (χ2n) is 8.83. The average Bonchev–Trinajstić information content (AvgIpc) is 2.83. The summed E-state index contributed by atoms with van der Waals surface area (Å²) >= 11 is 14.2. The maximum atomic E-state index is 5.93. The maximum absolute atomic E-state index is 5.93. The van der Waals surface area contributed by atoms with E-state index in [4.69, 9.17) is 41.4 Å². The van der Waals surface area contributed by atoms with Crippen molar-refractivity contribution in [2.45, 2.75) is 89.5 Å². The number of hydrogen-bond donors (Lipinski definition) is 0. The Morgan fingerprint density at radius 1 is 0.848 bits per heavy atom. The molecule has 1 aromatic carbocycles. The highest BCUT2D eigenvalue weighted by atomic mass is 32.1. The van der Waals surface area contributed by atoms with E-state index in [1.54, 1.807) is 0 Å². The number of hydrogen-bond acceptors (Lipinski definition) is 7. The third-order valence-corrected chi connectivity index (χ3v) is 9.71. The van der Waals surface area contributed by atoms with E-state index in [0.29, 0.717) is 25.0 Å². The Kier molecular flexibility index (Phi) is 13.8. The van der Waals surface area contributed by atoms with Gasteiger partial charge >= 0.3 is 8.56 Å². The molecule has 0 N–H and O–H groups in total. The molecule has 2 rings (SSSR count). The fourth-order valence-electron chi connectivity index (χ4n) is 4.62. The molecule has 1 aromatic rings. The van der Waals surface area contributed by atoms with Crippen LogP contribution in [-0.4, -0.2) is 30.6 Å². The highest BCUT2D eigenvalue weighted by Crippen LogP contribution is 2.38. The molecule has 1 aliphatic rings. The third-order valence-electron chi connectivity index (χ3n) is 6.51. The molecule has 0 bridgehead atoms. The van der Waals surface area contributed by atoms with Gasteiger partial charge in [-0.3, -0.25) is 0 Å². The van der Waals surface area contributed by atoms with Crippen LogP contribution >= 0.6 is 36.7 Å². The van der Waals surface area contributed by atoms with E-state index in [0.717, 1.165) is 11.7 Å². The largest absolute Gasteiger partial charge is 0.494 e. The van der Waals surface area contributed by atoms with Crippen molar-refractivity contribution in [1.29, 1.82) is 0 Å². The van der Waals surface area contributed by atoms with Crippen LogP contribution in [0, 0.1) is 5.92 Å². The lowest BCUT2D eigenvalue weighted by molar-refractivity contribution is 0.301. The monoisotopic (exact) mass is 517 g/mol. The molecule has 0 saturated heterocycles. The van der Waals surface area contributed by atoms with Crippen molar-refractivity contribution in [3.63, 3.8) is 0 Å². The molecule has 1 saturated carbocycles. The lowest BCUT2D eigenvalue weighted by Crippen LogP contribution is -2.28. The van der Waals surface area contributed by atoms with E-state index in [1.807, 2.05) is 0 Å². The Balaban J connectivity index is 1.74. The van der Waals surface area contributed by atoms with E-state index in [2.05, 4.69) is 60.6 Å². The van der Waals surface area contributed by atoms with E-state index < -0.39 is 8.56 Å². The van der Waals surface area contributed by atoms with Crippen molar-refractivity contribution >= 4 is 60.7 Å². The Morgan fingerprint density at radius 2 is 1.45 bits per heavy atom. The van der Waals surface area contributed by atoms with E-state index in [-0.39, 0.29) is 0 Å². The molecule has 0 heterocycles. The smallest absolute Gasteiger partial charge is 0.461 e. The first-order chi connectivity index (χ1) is 16.2. The molecule has 8 heteroatoms. The molecule has 0 unspecified atom stereocenters. The molecule has 0 aliphatic heterocycles. The van der Waals surface area contributed by atoms with Gasteiger partial charge in [-0.2, -0.15) is 0 Å². The van der Waals surface area contributed by atoms with Crippen molar-refractivity contribution < 1.29 is 4.74 Å². The molecule has 0 amide bonds. The SMILES string of the molecule is CCCCCCCC1CCC(c2ccc(OCCC[Si](N=C=S)(N=C=S)N=C=S)cc2)CC1. The number of nitrogens with zero attached hydrogens (tertiary/aromatic N) is 3. The van der Waals surface area contributed by atoms with Gasteiger partial charge < -0.3 is 4.74 Å². The number of isothiocyanates is 3. The average molecular weight is 518 g/mol. The fraction of sp³-hybridized carbons (Fsp3) is 0.640. The van der Waals surface area contributed by atoms with E-state index in [9.17, 15) is 0 Å². The summed E-state index contributed by atoms with van der Waals surface area (Å²) in [4.78, 5) is 0. The molecule has 0 spiro atoms. The molecule has 1 aliphatic carbocycles. The standard InChI is InChI=1S/C25H35N3OS3Si/c1-2-3-4-5-6-8-22-9-11-23(12-10-22)24-13-15-25(16-14-24)29-17-7-18-33(26-19-30,27-20-31)28-21-32/h13-16,22-23H,2-12,17-18H2,1H3. The van der Waals surface area contributed by atoms with Crippen LogP contribution in [0.1, 0.15) is 89.0 Å². The second kappa shape index (κ2) is 16.3. The summed E-state index contributed by atoms with van der Waals surface area (Å²) in [6.07, 6.45) is 14.5. The Labute approximate surface area is 216 Å². The zero-order valence-electron chi connectivity index (χ0n) is 19.6. The first kappa shape index (κ1) is 27.9. The highest BCUT2D eigenvalue weighted by molar-refractivity contribution is 7.78. The van der Waals surface area contributed by atoms with Crippen LogP contribution < -0.4 is 4.74 Å². The minimum Gasteiger partial charge on any atom is -0.494 e. The molecule has 178 valence electrons. The van der Waals surface area contributed by atoms with Crippen LogP contribution in [-0.2, 0) is 0 Å². The predicted octanol–water partition coefficient (Wildman–Crippen LogP) is 8.34. The molecule has 4 nitrogen and oxygen atoms in total. The Hall–Kier alpha value is -1.36. The van der Waals surface area contributed by atoms with Crippen molar-refractivity contribution in [2.24, 2.45) is 19.9 Å². The van der Waals surface area contributed by atoms with E-state index >= 15 is 0 Å². The van der Waals surface area contributed by atoms with Crippen LogP contribution in [0.25, 0.3) is 0 Å². The summed E-state index contributed by atoms with van der Waals surface area (Å²) in [6, 6.07) is 9.20. The first-order valence-corrected chi connectivity index (χ1v) is 15.4. The third kappa shape index (κ3) is 10.2. The van der Waals surface area contributed by atoms with Gasteiger partial charge in [-0.05, 0) is 98.3 Å². The molecule has 33 heavy (non-hydrogen) atoms. The van der Waals surface area contributed by atoms with Crippen LogP contribution in [0.15, 0.2) is 38.2 Å². The molecular weight excluding hydrogens is 483 g/mol. The number of thiocarbonyl (C=S) groups is 3. The van der Waals surface area contributed by atoms with Crippen LogP contribution in [0.3, 0.4) is 0 Å². The minimum absolute atomic E-state index is 0.532. The summed E-state index contributed by atoms with van der Waals surface area (Å²) in [5.74, 6) is 2.50. The first-order valence-electron chi connectivity index (χ1n) is 12.2. The quantitative estimate of drug-likeness (QED) is 0.101. The van der Waals surface area contributed by atoms with Crippen molar-refractivity contribution in [1.82, 2.24) is 0 Å². The number of benzene rings is 1. The Morgan fingerprint density at radius 3 is 2.03 bits per heavy atom. The van der Waals surface area contributed by atoms with Gasteiger partial charge in [-0.1, -0.05) is 57.6 Å². The summed E-state index contributed by atoms with van der Waals surface area (Å²) < 4.78 is 18.3. The summed E-state index contributed by atoms with van der Waals surface area (Å²) in [5, 5.41) is 7.09. The van der Waals surface area contributed by atoms with Gasteiger partial charge in [-0.25, -0.2) is 14.0 Å². The van der Waals surface area contributed by atoms with Gasteiger partial charge in [-0.15, -0.1) is 0 Å². The van der Waals surface area contributed by atoms with Crippen LogP contribution in [0.5, 0.6) is 5.75 Å². The lowest BCUT2D eigenvalue weighted by atomic mass is 9.77. The normalized spacial score (nSPS) is 19.3. The van der Waals surface area contributed by atoms with Gasteiger partial charge in [0.2, 0.25) is 0 Å². The van der Waals surface area contributed by atoms with Gasteiger partial charge in [0, 0.05) is 6.04 Å². The lowest BCUT2D eigenvalue weighted by Gasteiger charge is -2.29. The predicted molar refractivity (Wildman–Crippen MR) is 150 cm³/mol. The molecule has 0 aromatic heterocycles. The van der Waals surface area contributed by atoms with Crippen LogP contribution in [0.4, 0.5) is 0 Å². The summed E-state index contributed by atoms with van der Waals surface area (Å²) in [5.41, 5.74) is 1.44. The van der Waals surface area contributed by atoms with Gasteiger partial charge in [0.05, 0.1) is 22.1 Å². The van der Waals surface area contributed by atoms with Crippen molar-refractivity contribution in [2.75, 3.05) is 6.61 Å². The topological polar surface area (TPSA) is 46.3 Å². The van der Waals surface area contributed by atoms with Crippen molar-refractivity contribution in [3.8, 4) is 5.75 Å². The number of ether oxygens (including phenoxy) is 1.